The molecular weight excluding hydrogens is 382 g/mol. The molecule has 4 bridgehead atoms. The summed E-state index contributed by atoms with van der Waals surface area (Å²) in [5.41, 5.74) is 2.61. The van der Waals surface area contributed by atoms with Crippen LogP contribution >= 0.6 is 11.3 Å². The molecule has 4 aliphatic carbocycles. The third kappa shape index (κ3) is 3.35. The second kappa shape index (κ2) is 7.38. The van der Waals surface area contributed by atoms with Gasteiger partial charge in [0.15, 0.2) is 4.80 Å². The summed E-state index contributed by atoms with van der Waals surface area (Å²) < 4.78 is 2.57. The van der Waals surface area contributed by atoms with E-state index in [-0.39, 0.29) is 16.1 Å². The number of non-ortho nitro benzene ring substituents is 1. The molecule has 6 rings (SSSR count). The van der Waals surface area contributed by atoms with Crippen LogP contribution in [0.3, 0.4) is 0 Å². The molecule has 0 radical (unpaired) electrons. The third-order valence-corrected chi connectivity index (χ3v) is 8.18. The van der Waals surface area contributed by atoms with Crippen LogP contribution in [0.1, 0.15) is 58.3 Å². The SMILES string of the molecule is CCCCN=c1scc(-c2ccc([N+](=O)[O-])cc2)n1C12CC3CC(CC(C3)C1)C2. The minimum atomic E-state index is -0.323. The Morgan fingerprint density at radius 2 is 1.76 bits per heavy atom. The summed E-state index contributed by atoms with van der Waals surface area (Å²) in [4.78, 5) is 16.9. The fourth-order valence-electron chi connectivity index (χ4n) is 6.51. The molecule has 154 valence electrons. The molecule has 4 fully saturated rings. The van der Waals surface area contributed by atoms with Crippen molar-refractivity contribution in [2.45, 2.75) is 63.8 Å². The number of thiazole rings is 1. The van der Waals surface area contributed by atoms with Gasteiger partial charge in [-0.05, 0) is 80.4 Å². The van der Waals surface area contributed by atoms with Gasteiger partial charge in [0.2, 0.25) is 0 Å². The Balaban J connectivity index is 1.61. The van der Waals surface area contributed by atoms with Crippen LogP contribution in [0.4, 0.5) is 5.69 Å². The van der Waals surface area contributed by atoms with Gasteiger partial charge in [-0.2, -0.15) is 0 Å². The number of aromatic nitrogens is 1. The van der Waals surface area contributed by atoms with E-state index in [9.17, 15) is 10.1 Å². The third-order valence-electron chi connectivity index (χ3n) is 7.32. The normalized spacial score (nSPS) is 30.8. The number of hydrogen-bond acceptors (Lipinski definition) is 4. The maximum absolute atomic E-state index is 11.1. The van der Waals surface area contributed by atoms with Gasteiger partial charge in [-0.15, -0.1) is 11.3 Å². The average molecular weight is 412 g/mol. The first kappa shape index (κ1) is 19.0. The standard InChI is InChI=1S/C23H29N3O2S/c1-2-3-8-24-22-25(23-12-16-9-17(13-23)11-18(10-16)14-23)21(15-29-22)19-4-6-20(7-5-19)26(27)28/h4-7,15-18H,2-3,8-14H2,1H3. The monoisotopic (exact) mass is 411 g/mol. The molecule has 0 unspecified atom stereocenters. The smallest absolute Gasteiger partial charge is 0.269 e. The maximum atomic E-state index is 11.1. The van der Waals surface area contributed by atoms with Gasteiger partial charge in [-0.25, -0.2) is 0 Å². The number of hydrogen-bond donors (Lipinski definition) is 0. The van der Waals surface area contributed by atoms with Gasteiger partial charge in [-0.1, -0.05) is 13.3 Å². The second-order valence-corrected chi connectivity index (χ2v) is 10.3. The van der Waals surface area contributed by atoms with E-state index in [1.54, 1.807) is 23.5 Å². The molecule has 1 heterocycles. The summed E-state index contributed by atoms with van der Waals surface area (Å²) >= 11 is 1.74. The fraction of sp³-hybridized carbons (Fsp3) is 0.609. The summed E-state index contributed by atoms with van der Waals surface area (Å²) in [6.45, 7) is 3.09. The van der Waals surface area contributed by atoms with E-state index in [0.717, 1.165) is 47.5 Å². The molecule has 1 aromatic carbocycles. The number of nitrogens with zero attached hydrogens (tertiary/aromatic N) is 3. The summed E-state index contributed by atoms with van der Waals surface area (Å²) in [5.74, 6) is 2.59. The van der Waals surface area contributed by atoms with Gasteiger partial charge in [0.25, 0.3) is 5.69 Å². The molecule has 29 heavy (non-hydrogen) atoms. The van der Waals surface area contributed by atoms with Crippen LogP contribution in [0.2, 0.25) is 0 Å². The molecular formula is C23H29N3O2S. The van der Waals surface area contributed by atoms with Crippen molar-refractivity contribution in [1.29, 1.82) is 0 Å². The van der Waals surface area contributed by atoms with Gasteiger partial charge in [0.1, 0.15) is 0 Å². The zero-order valence-corrected chi connectivity index (χ0v) is 17.9. The molecule has 5 nitrogen and oxygen atoms in total. The molecule has 4 aliphatic rings. The molecule has 2 aromatic rings. The van der Waals surface area contributed by atoms with Crippen LogP contribution in [-0.2, 0) is 5.54 Å². The lowest BCUT2D eigenvalue weighted by molar-refractivity contribution is -0.384. The van der Waals surface area contributed by atoms with Crippen molar-refractivity contribution >= 4 is 17.0 Å². The predicted octanol–water partition coefficient (Wildman–Crippen LogP) is 5.75. The lowest BCUT2D eigenvalue weighted by atomic mass is 9.53. The van der Waals surface area contributed by atoms with E-state index in [2.05, 4.69) is 16.9 Å². The van der Waals surface area contributed by atoms with E-state index >= 15 is 0 Å². The largest absolute Gasteiger partial charge is 0.311 e. The highest BCUT2D eigenvalue weighted by Gasteiger charge is 2.52. The zero-order valence-electron chi connectivity index (χ0n) is 17.0. The van der Waals surface area contributed by atoms with E-state index in [4.69, 9.17) is 4.99 Å². The Labute approximate surface area is 175 Å². The number of nitro groups is 1. The van der Waals surface area contributed by atoms with Crippen molar-refractivity contribution in [2.75, 3.05) is 6.54 Å². The highest BCUT2D eigenvalue weighted by Crippen LogP contribution is 2.59. The fourth-order valence-corrected chi connectivity index (χ4v) is 7.53. The van der Waals surface area contributed by atoms with Crippen molar-refractivity contribution in [1.82, 2.24) is 4.57 Å². The van der Waals surface area contributed by atoms with E-state index in [1.807, 2.05) is 12.1 Å². The Hall–Kier alpha value is -1.95. The van der Waals surface area contributed by atoms with Gasteiger partial charge < -0.3 is 4.57 Å². The van der Waals surface area contributed by atoms with Crippen molar-refractivity contribution in [2.24, 2.45) is 22.7 Å². The Morgan fingerprint density at radius 1 is 1.14 bits per heavy atom. The zero-order chi connectivity index (χ0) is 20.0. The molecule has 1 aromatic heterocycles. The molecule has 0 spiro atoms. The average Bonchev–Trinajstić information content (AvgIpc) is 3.12. The number of rotatable bonds is 6. The van der Waals surface area contributed by atoms with Gasteiger partial charge in [0, 0.05) is 29.6 Å². The molecule has 4 saturated carbocycles. The van der Waals surface area contributed by atoms with E-state index in [0.29, 0.717) is 0 Å². The van der Waals surface area contributed by atoms with Crippen LogP contribution in [0.5, 0.6) is 0 Å². The summed E-state index contributed by atoms with van der Waals surface area (Å²) in [5, 5.41) is 13.3. The highest BCUT2D eigenvalue weighted by molar-refractivity contribution is 7.07. The van der Waals surface area contributed by atoms with Crippen LogP contribution in [0.15, 0.2) is 34.6 Å². The summed E-state index contributed by atoms with van der Waals surface area (Å²) in [6.07, 6.45) is 10.3. The molecule has 6 heteroatoms. The van der Waals surface area contributed by atoms with Crippen molar-refractivity contribution in [3.05, 3.63) is 44.6 Å². The lowest BCUT2D eigenvalue weighted by Crippen LogP contribution is -2.54. The first-order chi connectivity index (χ1) is 14.1. The lowest BCUT2D eigenvalue weighted by Gasteiger charge is -2.57. The minimum absolute atomic E-state index is 0.151. The van der Waals surface area contributed by atoms with Crippen LogP contribution in [-0.4, -0.2) is 16.0 Å². The van der Waals surface area contributed by atoms with E-state index < -0.39 is 0 Å². The van der Waals surface area contributed by atoms with Crippen molar-refractivity contribution < 1.29 is 4.92 Å². The first-order valence-corrected chi connectivity index (χ1v) is 11.9. The van der Waals surface area contributed by atoms with Gasteiger partial charge >= 0.3 is 0 Å². The Bertz CT molecular complexity index is 937. The molecule has 0 N–H and O–H groups in total. The highest BCUT2D eigenvalue weighted by atomic mass is 32.1. The Morgan fingerprint density at radius 3 is 2.31 bits per heavy atom. The van der Waals surface area contributed by atoms with E-state index in [1.165, 1.54) is 44.2 Å². The van der Waals surface area contributed by atoms with Crippen LogP contribution in [0, 0.1) is 27.9 Å². The van der Waals surface area contributed by atoms with Gasteiger partial charge in [0.05, 0.1) is 10.6 Å². The van der Waals surface area contributed by atoms with Crippen LogP contribution in [0.25, 0.3) is 11.3 Å². The minimum Gasteiger partial charge on any atom is -0.311 e. The quantitative estimate of drug-likeness (QED) is 0.345. The summed E-state index contributed by atoms with van der Waals surface area (Å²) in [6, 6.07) is 7.08. The molecule has 0 amide bonds. The predicted molar refractivity (Wildman–Crippen MR) is 116 cm³/mol. The Kier molecular flexibility index (Phi) is 4.85. The van der Waals surface area contributed by atoms with Crippen molar-refractivity contribution in [3.8, 4) is 11.3 Å². The topological polar surface area (TPSA) is 60.4 Å². The molecule has 0 atom stereocenters. The van der Waals surface area contributed by atoms with Gasteiger partial charge in [-0.3, -0.25) is 15.1 Å². The number of benzene rings is 1. The maximum Gasteiger partial charge on any atom is 0.269 e. The molecule has 0 saturated heterocycles. The molecule has 0 aliphatic heterocycles. The van der Waals surface area contributed by atoms with Crippen LogP contribution < -0.4 is 4.80 Å². The van der Waals surface area contributed by atoms with Crippen molar-refractivity contribution in [3.63, 3.8) is 0 Å². The number of nitro benzene ring substituents is 1. The first-order valence-electron chi connectivity index (χ1n) is 11.0. The second-order valence-electron chi connectivity index (χ2n) is 9.42. The summed E-state index contributed by atoms with van der Waals surface area (Å²) in [7, 11) is 0. The number of unbranched alkanes of at least 4 members (excludes halogenated alkanes) is 1.